The number of benzene rings is 3. The number of anilines is 1. The minimum Gasteiger partial charge on any atom is -0.497 e. The summed E-state index contributed by atoms with van der Waals surface area (Å²) < 4.78 is 5.35. The maximum atomic E-state index is 12.7. The lowest BCUT2D eigenvalue weighted by atomic mass is 10.1. The molecule has 1 amide bonds. The fraction of sp³-hybridized carbons (Fsp3) is 0.0909. The van der Waals surface area contributed by atoms with Gasteiger partial charge in [0.2, 0.25) is 5.91 Å². The van der Waals surface area contributed by atoms with E-state index < -0.39 is 0 Å². The summed E-state index contributed by atoms with van der Waals surface area (Å²) in [5.41, 5.74) is 2.17. The number of aromatic nitrogens is 1. The number of hydrogen-bond acceptors (Lipinski definition) is 4. The maximum absolute atomic E-state index is 12.7. The van der Waals surface area contributed by atoms with Gasteiger partial charge in [0, 0.05) is 25.7 Å². The number of carbonyl (C=O) groups is 1. The van der Waals surface area contributed by atoms with Crippen LogP contribution in [-0.4, -0.2) is 23.8 Å². The third kappa shape index (κ3) is 4.42. The van der Waals surface area contributed by atoms with Gasteiger partial charge in [-0.25, -0.2) is 4.98 Å². The van der Waals surface area contributed by atoms with Crippen molar-refractivity contribution in [1.29, 1.82) is 0 Å². The van der Waals surface area contributed by atoms with Crippen LogP contribution in [0.1, 0.15) is 0 Å². The minimum atomic E-state index is -0.114. The van der Waals surface area contributed by atoms with Gasteiger partial charge >= 0.3 is 0 Å². The first kappa shape index (κ1) is 19.8. The van der Waals surface area contributed by atoms with Gasteiger partial charge in [-0.05, 0) is 60.7 Å². The molecule has 0 spiro atoms. The van der Waals surface area contributed by atoms with Crippen molar-refractivity contribution in [2.45, 2.75) is 4.90 Å². The van der Waals surface area contributed by atoms with Crippen LogP contribution in [0.5, 0.6) is 5.75 Å². The number of nitrogens with one attached hydrogen (secondary N) is 1. The van der Waals surface area contributed by atoms with Crippen molar-refractivity contribution >= 4 is 68.4 Å². The third-order valence-electron chi connectivity index (χ3n) is 4.39. The van der Waals surface area contributed by atoms with Gasteiger partial charge in [0.15, 0.2) is 0 Å². The second-order valence-electron chi connectivity index (χ2n) is 6.32. The summed E-state index contributed by atoms with van der Waals surface area (Å²) >= 11 is 13.5. The van der Waals surface area contributed by atoms with Gasteiger partial charge in [0.25, 0.3) is 0 Å². The molecule has 0 aliphatic heterocycles. The lowest BCUT2D eigenvalue weighted by Crippen LogP contribution is -2.15. The number of fused-ring (bicyclic) bond motifs is 2. The average Bonchev–Trinajstić information content (AvgIpc) is 2.72. The number of thioether (sulfide) groups is 1. The van der Waals surface area contributed by atoms with Crippen molar-refractivity contribution < 1.29 is 9.53 Å². The van der Waals surface area contributed by atoms with Crippen molar-refractivity contribution in [3.05, 3.63) is 70.7 Å². The smallest absolute Gasteiger partial charge is 0.234 e. The predicted molar refractivity (Wildman–Crippen MR) is 122 cm³/mol. The van der Waals surface area contributed by atoms with Gasteiger partial charge in [-0.1, -0.05) is 23.2 Å². The molecule has 1 aromatic heterocycles. The molecule has 4 nitrogen and oxygen atoms in total. The Morgan fingerprint density at radius 3 is 2.48 bits per heavy atom. The van der Waals surface area contributed by atoms with Crippen molar-refractivity contribution in [3.8, 4) is 5.75 Å². The number of nitrogens with zero attached hydrogens (tertiary/aromatic N) is 1. The number of methoxy groups -OCH3 is 1. The zero-order valence-electron chi connectivity index (χ0n) is 15.4. The normalized spacial score (nSPS) is 11.0. The van der Waals surface area contributed by atoms with E-state index in [0.717, 1.165) is 26.7 Å². The van der Waals surface area contributed by atoms with E-state index in [0.29, 0.717) is 21.5 Å². The molecule has 3 aromatic carbocycles. The third-order valence-corrected chi connectivity index (χ3v) is 5.89. The molecule has 4 rings (SSSR count). The highest BCUT2D eigenvalue weighted by Crippen LogP contribution is 2.34. The molecule has 0 bridgehead atoms. The van der Waals surface area contributed by atoms with Crippen LogP contribution in [0, 0.1) is 0 Å². The van der Waals surface area contributed by atoms with Crippen LogP contribution in [-0.2, 0) is 4.79 Å². The highest BCUT2D eigenvalue weighted by molar-refractivity contribution is 8.00. The molecule has 0 saturated heterocycles. The molecular weight excluding hydrogens is 427 g/mol. The van der Waals surface area contributed by atoms with Crippen LogP contribution < -0.4 is 10.1 Å². The predicted octanol–water partition coefficient (Wildman–Crippen LogP) is 6.43. The van der Waals surface area contributed by atoms with Crippen molar-refractivity contribution in [2.75, 3.05) is 18.2 Å². The van der Waals surface area contributed by atoms with Gasteiger partial charge in [0.05, 0.1) is 29.6 Å². The molecule has 29 heavy (non-hydrogen) atoms. The number of rotatable bonds is 5. The summed E-state index contributed by atoms with van der Waals surface area (Å²) in [5, 5.41) is 5.94. The molecular formula is C22H16Cl2N2O2S. The Kier molecular flexibility index (Phi) is 5.81. The topological polar surface area (TPSA) is 51.2 Å². The second kappa shape index (κ2) is 8.49. The van der Waals surface area contributed by atoms with Crippen LogP contribution in [0.25, 0.3) is 21.8 Å². The number of halogens is 2. The first-order chi connectivity index (χ1) is 14.0. The largest absolute Gasteiger partial charge is 0.497 e. The number of carbonyl (C=O) groups excluding carboxylic acids is 1. The lowest BCUT2D eigenvalue weighted by Gasteiger charge is -2.13. The summed E-state index contributed by atoms with van der Waals surface area (Å²) in [6, 6.07) is 18.4. The number of amides is 1. The summed E-state index contributed by atoms with van der Waals surface area (Å²) in [6.45, 7) is 0. The molecule has 0 aliphatic rings. The zero-order chi connectivity index (χ0) is 20.4. The Morgan fingerprint density at radius 2 is 1.72 bits per heavy atom. The Hall–Kier alpha value is -2.47. The Balaban J connectivity index is 1.69. The Bertz CT molecular complexity index is 1210. The standard InChI is InChI=1S/C22H16Cl2N2O2S/c1-28-15-5-9-19-18(11-15)22(17-8-4-14(24)10-20(17)25-19)26-21(27)12-29-16-6-2-13(23)3-7-16/h2-11H,12H2,1H3,(H,25,26,27). The average molecular weight is 443 g/mol. The van der Waals surface area contributed by atoms with Gasteiger partial charge in [-0.2, -0.15) is 0 Å². The van der Waals surface area contributed by atoms with Crippen molar-refractivity contribution in [3.63, 3.8) is 0 Å². The second-order valence-corrected chi connectivity index (χ2v) is 8.24. The van der Waals surface area contributed by atoms with Gasteiger partial charge in [-0.15, -0.1) is 11.8 Å². The van der Waals surface area contributed by atoms with Crippen LogP contribution in [0.3, 0.4) is 0 Å². The van der Waals surface area contributed by atoms with E-state index in [1.165, 1.54) is 11.8 Å². The first-order valence-corrected chi connectivity index (χ1v) is 10.5. The maximum Gasteiger partial charge on any atom is 0.234 e. The van der Waals surface area contributed by atoms with Crippen molar-refractivity contribution in [1.82, 2.24) is 4.98 Å². The zero-order valence-corrected chi connectivity index (χ0v) is 17.7. The molecule has 1 heterocycles. The summed E-state index contributed by atoms with van der Waals surface area (Å²) in [6.07, 6.45) is 0. The van der Waals surface area contributed by atoms with E-state index in [1.807, 2.05) is 48.5 Å². The van der Waals surface area contributed by atoms with E-state index in [1.54, 1.807) is 19.2 Å². The molecule has 146 valence electrons. The van der Waals surface area contributed by atoms with Gasteiger partial charge < -0.3 is 10.1 Å². The van der Waals surface area contributed by atoms with E-state index in [9.17, 15) is 4.79 Å². The number of ether oxygens (including phenoxy) is 1. The monoisotopic (exact) mass is 442 g/mol. The Morgan fingerprint density at radius 1 is 0.966 bits per heavy atom. The Labute approximate surface area is 182 Å². The van der Waals surface area contributed by atoms with Crippen LogP contribution in [0.4, 0.5) is 5.69 Å². The quantitative estimate of drug-likeness (QED) is 0.285. The summed E-state index contributed by atoms with van der Waals surface area (Å²) in [7, 11) is 1.61. The van der Waals surface area contributed by atoms with E-state index in [-0.39, 0.29) is 11.7 Å². The molecule has 0 saturated carbocycles. The molecule has 0 atom stereocenters. The molecule has 1 N–H and O–H groups in total. The fourth-order valence-electron chi connectivity index (χ4n) is 3.01. The van der Waals surface area contributed by atoms with Crippen LogP contribution >= 0.6 is 35.0 Å². The SMILES string of the molecule is COc1ccc2nc3cc(Cl)ccc3c(NC(=O)CSc3ccc(Cl)cc3)c2c1. The van der Waals surface area contributed by atoms with Gasteiger partial charge in [0.1, 0.15) is 5.75 Å². The van der Waals surface area contributed by atoms with Gasteiger partial charge in [-0.3, -0.25) is 4.79 Å². The van der Waals surface area contributed by atoms with E-state index >= 15 is 0 Å². The molecule has 0 radical (unpaired) electrons. The van der Waals surface area contributed by atoms with Crippen molar-refractivity contribution in [2.24, 2.45) is 0 Å². The highest BCUT2D eigenvalue weighted by Gasteiger charge is 2.14. The molecule has 0 unspecified atom stereocenters. The molecule has 0 aliphatic carbocycles. The van der Waals surface area contributed by atoms with Crippen LogP contribution in [0.2, 0.25) is 10.0 Å². The summed E-state index contributed by atoms with van der Waals surface area (Å²) in [5.74, 6) is 0.847. The summed E-state index contributed by atoms with van der Waals surface area (Å²) in [4.78, 5) is 18.4. The molecule has 7 heteroatoms. The number of hydrogen-bond donors (Lipinski definition) is 1. The number of pyridine rings is 1. The fourth-order valence-corrected chi connectivity index (χ4v) is 4.00. The molecule has 4 aromatic rings. The first-order valence-electron chi connectivity index (χ1n) is 8.79. The molecule has 0 fully saturated rings. The van der Waals surface area contributed by atoms with Crippen LogP contribution in [0.15, 0.2) is 65.6 Å². The highest BCUT2D eigenvalue weighted by atomic mass is 35.5. The van der Waals surface area contributed by atoms with E-state index in [2.05, 4.69) is 10.3 Å². The minimum absolute atomic E-state index is 0.114. The van der Waals surface area contributed by atoms with E-state index in [4.69, 9.17) is 27.9 Å². The lowest BCUT2D eigenvalue weighted by molar-refractivity contribution is -0.113.